The highest BCUT2D eigenvalue weighted by molar-refractivity contribution is 6.32. The molecular formula is C14H12ClFO. The van der Waals surface area contributed by atoms with Crippen LogP contribution in [0.5, 0.6) is 5.75 Å². The second-order valence-corrected chi connectivity index (χ2v) is 4.26. The van der Waals surface area contributed by atoms with E-state index in [1.807, 2.05) is 31.2 Å². The maximum atomic E-state index is 12.9. The van der Waals surface area contributed by atoms with Crippen LogP contribution in [-0.4, -0.2) is 0 Å². The number of ether oxygens (including phenoxy) is 1. The second kappa shape index (κ2) is 5.19. The van der Waals surface area contributed by atoms with Gasteiger partial charge in [-0.3, -0.25) is 0 Å². The Hall–Kier alpha value is -1.54. The molecule has 0 aliphatic rings. The van der Waals surface area contributed by atoms with Gasteiger partial charge in [-0.05, 0) is 42.3 Å². The average Bonchev–Trinajstić information content (AvgIpc) is 2.28. The molecule has 0 saturated heterocycles. The van der Waals surface area contributed by atoms with E-state index in [1.165, 1.54) is 12.1 Å². The fourth-order valence-electron chi connectivity index (χ4n) is 1.51. The van der Waals surface area contributed by atoms with Gasteiger partial charge in [0.15, 0.2) is 0 Å². The Morgan fingerprint density at radius 3 is 2.71 bits per heavy atom. The molecule has 2 aromatic carbocycles. The summed E-state index contributed by atoms with van der Waals surface area (Å²) >= 11 is 6.03. The summed E-state index contributed by atoms with van der Waals surface area (Å²) in [5.74, 6) is 0.350. The van der Waals surface area contributed by atoms with Crippen molar-refractivity contribution < 1.29 is 9.13 Å². The Morgan fingerprint density at radius 2 is 2.00 bits per heavy atom. The van der Waals surface area contributed by atoms with Crippen molar-refractivity contribution in [2.45, 2.75) is 13.5 Å². The van der Waals surface area contributed by atoms with Gasteiger partial charge in [0, 0.05) is 0 Å². The van der Waals surface area contributed by atoms with Gasteiger partial charge in [-0.2, -0.15) is 0 Å². The lowest BCUT2D eigenvalue weighted by atomic mass is 10.2. The van der Waals surface area contributed by atoms with Crippen LogP contribution in [0.25, 0.3) is 0 Å². The van der Waals surface area contributed by atoms with E-state index in [9.17, 15) is 4.39 Å². The van der Waals surface area contributed by atoms with Crippen LogP contribution in [0.3, 0.4) is 0 Å². The molecule has 0 amide bonds. The Balaban J connectivity index is 2.07. The molecule has 0 saturated carbocycles. The molecular weight excluding hydrogens is 238 g/mol. The number of aryl methyl sites for hydroxylation is 1. The third-order valence-electron chi connectivity index (χ3n) is 2.37. The highest BCUT2D eigenvalue weighted by Gasteiger charge is 2.02. The van der Waals surface area contributed by atoms with E-state index in [0.29, 0.717) is 17.4 Å². The molecule has 2 aromatic rings. The van der Waals surface area contributed by atoms with Gasteiger partial charge < -0.3 is 4.74 Å². The van der Waals surface area contributed by atoms with E-state index in [0.717, 1.165) is 11.1 Å². The standard InChI is InChI=1S/C14H12ClFO/c1-10-5-6-14(13(15)7-10)17-9-11-3-2-4-12(16)8-11/h2-8H,9H2,1H3/i16-1. The lowest BCUT2D eigenvalue weighted by Gasteiger charge is -2.08. The van der Waals surface area contributed by atoms with E-state index >= 15 is 0 Å². The van der Waals surface area contributed by atoms with Crippen molar-refractivity contribution in [2.75, 3.05) is 0 Å². The van der Waals surface area contributed by atoms with Crippen LogP contribution in [0.15, 0.2) is 42.5 Å². The molecule has 88 valence electrons. The molecule has 17 heavy (non-hydrogen) atoms. The van der Waals surface area contributed by atoms with Crippen LogP contribution in [-0.2, 0) is 6.61 Å². The molecule has 0 spiro atoms. The molecule has 0 heterocycles. The van der Waals surface area contributed by atoms with Crippen LogP contribution in [0.1, 0.15) is 11.1 Å². The monoisotopic (exact) mass is 249 g/mol. The summed E-state index contributed by atoms with van der Waals surface area (Å²) in [5.41, 5.74) is 1.86. The molecule has 0 aliphatic carbocycles. The van der Waals surface area contributed by atoms with Gasteiger partial charge in [-0.1, -0.05) is 29.8 Å². The van der Waals surface area contributed by atoms with Crippen molar-refractivity contribution >= 4 is 11.6 Å². The Morgan fingerprint density at radius 1 is 1.18 bits per heavy atom. The van der Waals surface area contributed by atoms with Crippen LogP contribution < -0.4 is 4.74 Å². The van der Waals surface area contributed by atoms with E-state index < -0.39 is 0 Å². The van der Waals surface area contributed by atoms with E-state index in [4.69, 9.17) is 16.3 Å². The Kier molecular flexibility index (Phi) is 3.64. The number of rotatable bonds is 3. The van der Waals surface area contributed by atoms with E-state index in [-0.39, 0.29) is 5.82 Å². The summed E-state index contributed by atoms with van der Waals surface area (Å²) < 4.78 is 18.5. The summed E-state index contributed by atoms with van der Waals surface area (Å²) in [6.45, 7) is 2.27. The highest BCUT2D eigenvalue weighted by atomic mass is 35.5. The molecule has 0 fully saturated rings. The van der Waals surface area contributed by atoms with Crippen LogP contribution in [0.4, 0.5) is 4.39 Å². The first kappa shape index (κ1) is 11.9. The lowest BCUT2D eigenvalue weighted by Crippen LogP contribution is -1.96. The van der Waals surface area contributed by atoms with Crippen LogP contribution in [0, 0.1) is 12.7 Å². The van der Waals surface area contributed by atoms with Crippen molar-refractivity contribution in [1.29, 1.82) is 0 Å². The fourth-order valence-corrected chi connectivity index (χ4v) is 1.80. The number of hydrogen-bond donors (Lipinski definition) is 0. The zero-order valence-corrected chi connectivity index (χ0v) is 10.2. The molecule has 3 heteroatoms. The average molecular weight is 250 g/mol. The quantitative estimate of drug-likeness (QED) is 0.785. The minimum absolute atomic E-state index is 0.263. The van der Waals surface area contributed by atoms with Gasteiger partial charge in [0.2, 0.25) is 0 Å². The summed E-state index contributed by atoms with van der Waals surface area (Å²) in [6.07, 6.45) is 0. The minimum atomic E-state index is -0.263. The molecule has 0 N–H and O–H groups in total. The zero-order chi connectivity index (χ0) is 12.3. The van der Waals surface area contributed by atoms with Gasteiger partial charge in [0.25, 0.3) is 0 Å². The molecule has 2 rings (SSSR count). The third-order valence-corrected chi connectivity index (χ3v) is 2.67. The molecule has 0 aromatic heterocycles. The fraction of sp³-hybridized carbons (Fsp3) is 0.143. The topological polar surface area (TPSA) is 9.23 Å². The highest BCUT2D eigenvalue weighted by Crippen LogP contribution is 2.25. The van der Waals surface area contributed by atoms with Gasteiger partial charge in [-0.15, -0.1) is 0 Å². The van der Waals surface area contributed by atoms with Crippen molar-refractivity contribution in [1.82, 2.24) is 0 Å². The first-order valence-corrected chi connectivity index (χ1v) is 5.66. The second-order valence-electron chi connectivity index (χ2n) is 3.85. The molecule has 0 aliphatic heterocycles. The minimum Gasteiger partial charge on any atom is -0.487 e. The van der Waals surface area contributed by atoms with E-state index in [2.05, 4.69) is 0 Å². The summed E-state index contributed by atoms with van der Waals surface area (Å²) in [7, 11) is 0. The molecule has 1 nitrogen and oxygen atoms in total. The van der Waals surface area contributed by atoms with Crippen molar-refractivity contribution in [3.8, 4) is 5.75 Å². The first-order valence-electron chi connectivity index (χ1n) is 5.28. The molecule has 0 atom stereocenters. The van der Waals surface area contributed by atoms with E-state index in [1.54, 1.807) is 6.07 Å². The predicted octanol–water partition coefficient (Wildman–Crippen LogP) is 4.37. The predicted molar refractivity (Wildman–Crippen MR) is 66.9 cm³/mol. The van der Waals surface area contributed by atoms with Crippen molar-refractivity contribution in [3.63, 3.8) is 0 Å². The SMILES string of the molecule is Cc1ccc(OCc2cccc([18F])c2)c(Cl)c1. The molecule has 0 bridgehead atoms. The number of hydrogen-bond acceptors (Lipinski definition) is 1. The van der Waals surface area contributed by atoms with Gasteiger partial charge in [0.1, 0.15) is 18.2 Å². The van der Waals surface area contributed by atoms with Gasteiger partial charge >= 0.3 is 0 Å². The van der Waals surface area contributed by atoms with Crippen LogP contribution in [0.2, 0.25) is 5.02 Å². The Labute approximate surface area is 105 Å². The van der Waals surface area contributed by atoms with Gasteiger partial charge in [-0.25, -0.2) is 4.39 Å². The molecule has 0 radical (unpaired) electrons. The number of halogens is 2. The number of benzene rings is 2. The Bertz CT molecular complexity index is 525. The first-order chi connectivity index (χ1) is 8.15. The molecule has 0 unspecified atom stereocenters. The normalized spacial score (nSPS) is 10.3. The van der Waals surface area contributed by atoms with Crippen LogP contribution >= 0.6 is 11.6 Å². The van der Waals surface area contributed by atoms with Gasteiger partial charge in [0.05, 0.1) is 5.02 Å². The van der Waals surface area contributed by atoms with Crippen molar-refractivity contribution in [2.24, 2.45) is 0 Å². The maximum absolute atomic E-state index is 12.9. The maximum Gasteiger partial charge on any atom is 0.138 e. The summed E-state index contributed by atoms with van der Waals surface area (Å²) in [4.78, 5) is 0. The lowest BCUT2D eigenvalue weighted by molar-refractivity contribution is 0.305. The largest absolute Gasteiger partial charge is 0.487 e. The third kappa shape index (κ3) is 3.21. The smallest absolute Gasteiger partial charge is 0.138 e. The summed E-state index contributed by atoms with van der Waals surface area (Å²) in [5, 5.41) is 0.571. The summed E-state index contributed by atoms with van der Waals surface area (Å²) in [6, 6.07) is 11.9. The zero-order valence-electron chi connectivity index (χ0n) is 9.41. The van der Waals surface area contributed by atoms with Crippen molar-refractivity contribution in [3.05, 3.63) is 64.4 Å².